The Morgan fingerprint density at radius 3 is 2.43 bits per heavy atom. The van der Waals surface area contributed by atoms with Crippen molar-refractivity contribution in [2.75, 3.05) is 0 Å². The largest absolute Gasteiger partial charge is 0.507 e. The molecule has 0 radical (unpaired) electrons. The second-order valence-electron chi connectivity index (χ2n) is 7.66. The fraction of sp³-hybridized carbons (Fsp3) is 0.174. The highest BCUT2D eigenvalue weighted by Gasteiger charge is 2.51. The average Bonchev–Trinajstić information content (AvgIpc) is 2.67. The van der Waals surface area contributed by atoms with Gasteiger partial charge in [-0.25, -0.2) is 0 Å². The molecular weight excluding hydrogens is 356 g/mol. The van der Waals surface area contributed by atoms with Crippen LogP contribution in [0.1, 0.15) is 51.4 Å². The Bertz CT molecular complexity index is 1200. The molecule has 6 rings (SSSR count). The van der Waals surface area contributed by atoms with E-state index in [1.165, 1.54) is 6.07 Å². The molecule has 0 saturated heterocycles. The number of para-hydroxylation sites is 1. The standard InChI is InChI=1S/C23H16O5/c24-13-6-3-5-11-18(13)21-16(27)9-15(26)20-14(25)8-12-10-4-1-2-7-17(10)28-23(11)19(12)22(20)21/h1-7,9,12,19,23-24,26-27H,8H2/t12-,19-,23-/m1/s1. The van der Waals surface area contributed by atoms with Gasteiger partial charge >= 0.3 is 0 Å². The van der Waals surface area contributed by atoms with Crippen LogP contribution in [-0.2, 0) is 0 Å². The number of ketones is 1. The van der Waals surface area contributed by atoms with Gasteiger partial charge < -0.3 is 20.1 Å². The van der Waals surface area contributed by atoms with Gasteiger partial charge in [-0.1, -0.05) is 30.3 Å². The number of phenols is 3. The van der Waals surface area contributed by atoms with Crippen LogP contribution in [0.3, 0.4) is 0 Å². The minimum absolute atomic E-state index is 0.0103. The number of aromatic hydroxyl groups is 3. The molecule has 1 heterocycles. The summed E-state index contributed by atoms with van der Waals surface area (Å²) >= 11 is 0. The molecule has 3 aromatic carbocycles. The number of carbonyl (C=O) groups excluding carboxylic acids is 1. The Labute approximate surface area is 160 Å². The molecule has 2 aliphatic carbocycles. The van der Waals surface area contributed by atoms with E-state index in [2.05, 4.69) is 0 Å². The summed E-state index contributed by atoms with van der Waals surface area (Å²) < 4.78 is 6.36. The molecule has 0 spiro atoms. The number of rotatable bonds is 0. The fourth-order valence-corrected chi connectivity index (χ4v) is 5.29. The van der Waals surface area contributed by atoms with E-state index in [0.717, 1.165) is 16.9 Å². The lowest BCUT2D eigenvalue weighted by molar-refractivity contribution is 0.0868. The van der Waals surface area contributed by atoms with Crippen LogP contribution in [0.25, 0.3) is 11.1 Å². The van der Waals surface area contributed by atoms with Gasteiger partial charge in [0.2, 0.25) is 0 Å². The normalized spacial score (nSPS) is 23.3. The van der Waals surface area contributed by atoms with Gasteiger partial charge in [-0.05, 0) is 23.3 Å². The van der Waals surface area contributed by atoms with Gasteiger partial charge in [-0.3, -0.25) is 4.79 Å². The number of phenolic OH excluding ortho intramolecular Hbond substituents is 3. The molecule has 28 heavy (non-hydrogen) atoms. The third-order valence-corrected chi connectivity index (χ3v) is 6.31. The number of hydrogen-bond acceptors (Lipinski definition) is 5. The highest BCUT2D eigenvalue weighted by atomic mass is 16.5. The monoisotopic (exact) mass is 372 g/mol. The first-order valence-electron chi connectivity index (χ1n) is 9.26. The zero-order valence-corrected chi connectivity index (χ0v) is 14.7. The lowest BCUT2D eigenvalue weighted by Crippen LogP contribution is -2.36. The van der Waals surface area contributed by atoms with Crippen LogP contribution in [0, 0.1) is 0 Å². The first-order chi connectivity index (χ1) is 13.6. The van der Waals surface area contributed by atoms with Crippen molar-refractivity contribution in [3.05, 3.63) is 70.8 Å². The maximum Gasteiger partial charge on any atom is 0.167 e. The van der Waals surface area contributed by atoms with E-state index in [1.807, 2.05) is 30.3 Å². The zero-order chi connectivity index (χ0) is 19.2. The van der Waals surface area contributed by atoms with Crippen molar-refractivity contribution < 1.29 is 24.9 Å². The molecule has 3 aliphatic rings. The molecular formula is C23H16O5. The highest BCUT2D eigenvalue weighted by Crippen LogP contribution is 2.64. The van der Waals surface area contributed by atoms with Crippen LogP contribution in [0.4, 0.5) is 0 Å². The summed E-state index contributed by atoms with van der Waals surface area (Å²) in [6.45, 7) is 0. The van der Waals surface area contributed by atoms with Gasteiger partial charge in [0, 0.05) is 41.0 Å². The summed E-state index contributed by atoms with van der Waals surface area (Å²) in [6, 6.07) is 14.1. The van der Waals surface area contributed by atoms with E-state index in [-0.39, 0.29) is 46.9 Å². The van der Waals surface area contributed by atoms with Gasteiger partial charge in [0.05, 0.1) is 5.56 Å². The predicted molar refractivity (Wildman–Crippen MR) is 101 cm³/mol. The molecule has 1 aliphatic heterocycles. The lowest BCUT2D eigenvalue weighted by Gasteiger charge is -2.47. The third-order valence-electron chi connectivity index (χ3n) is 6.31. The first-order valence-corrected chi connectivity index (χ1v) is 9.26. The molecule has 3 atom stereocenters. The summed E-state index contributed by atoms with van der Waals surface area (Å²) in [4.78, 5) is 13.0. The van der Waals surface area contributed by atoms with Crippen molar-refractivity contribution in [2.24, 2.45) is 0 Å². The molecule has 0 unspecified atom stereocenters. The van der Waals surface area contributed by atoms with Crippen LogP contribution in [0.15, 0.2) is 48.5 Å². The quantitative estimate of drug-likeness (QED) is 0.545. The van der Waals surface area contributed by atoms with Crippen molar-refractivity contribution >= 4 is 5.78 Å². The molecule has 0 saturated carbocycles. The molecule has 0 bridgehead atoms. The van der Waals surface area contributed by atoms with Gasteiger partial charge in [0.15, 0.2) is 5.78 Å². The Hall–Kier alpha value is -3.47. The SMILES string of the molecule is O=C1C[C@@H]2c3ccccc3O[C@@H]3c4cccc(O)c4-c4c(O)cc(O)c1c4[C@@H]23. The van der Waals surface area contributed by atoms with E-state index in [4.69, 9.17) is 4.74 Å². The van der Waals surface area contributed by atoms with E-state index in [0.29, 0.717) is 16.7 Å². The summed E-state index contributed by atoms with van der Waals surface area (Å²) in [5, 5.41) is 31.8. The smallest absolute Gasteiger partial charge is 0.167 e. The lowest BCUT2D eigenvalue weighted by atomic mass is 9.61. The first kappa shape index (κ1) is 15.6. The van der Waals surface area contributed by atoms with E-state index in [9.17, 15) is 20.1 Å². The fourth-order valence-electron chi connectivity index (χ4n) is 5.29. The number of benzene rings is 3. The summed E-state index contributed by atoms with van der Waals surface area (Å²) in [5.41, 5.74) is 3.43. The topological polar surface area (TPSA) is 87.0 Å². The number of ether oxygens (including phenoxy) is 1. The molecule has 5 heteroatoms. The van der Waals surface area contributed by atoms with Crippen LogP contribution in [0.2, 0.25) is 0 Å². The van der Waals surface area contributed by atoms with Crippen molar-refractivity contribution in [1.29, 1.82) is 0 Å². The van der Waals surface area contributed by atoms with Crippen LogP contribution < -0.4 is 4.74 Å². The van der Waals surface area contributed by atoms with Gasteiger partial charge in [-0.2, -0.15) is 0 Å². The summed E-state index contributed by atoms with van der Waals surface area (Å²) in [6.07, 6.45) is -0.150. The summed E-state index contributed by atoms with van der Waals surface area (Å²) in [7, 11) is 0. The van der Waals surface area contributed by atoms with Gasteiger partial charge in [-0.15, -0.1) is 0 Å². The number of Topliss-reactive ketones (excluding diaryl/α,β-unsaturated/α-hetero) is 1. The third kappa shape index (κ3) is 1.74. The van der Waals surface area contributed by atoms with E-state index < -0.39 is 6.10 Å². The Morgan fingerprint density at radius 1 is 0.821 bits per heavy atom. The van der Waals surface area contributed by atoms with Crippen molar-refractivity contribution in [2.45, 2.75) is 24.4 Å². The Kier molecular flexibility index (Phi) is 2.82. The number of fused-ring (bicyclic) bond motifs is 5. The maximum absolute atomic E-state index is 13.0. The molecule has 5 nitrogen and oxygen atoms in total. The minimum Gasteiger partial charge on any atom is -0.507 e. The molecule has 3 aromatic rings. The molecule has 138 valence electrons. The second kappa shape index (κ2) is 5.07. The van der Waals surface area contributed by atoms with Crippen molar-refractivity contribution in [3.8, 4) is 34.1 Å². The Morgan fingerprint density at radius 2 is 1.57 bits per heavy atom. The average molecular weight is 372 g/mol. The molecule has 0 aromatic heterocycles. The maximum atomic E-state index is 13.0. The van der Waals surface area contributed by atoms with Crippen LogP contribution in [0.5, 0.6) is 23.0 Å². The van der Waals surface area contributed by atoms with Crippen LogP contribution in [-0.4, -0.2) is 21.1 Å². The highest BCUT2D eigenvalue weighted by molar-refractivity contribution is 6.06. The zero-order valence-electron chi connectivity index (χ0n) is 14.7. The van der Waals surface area contributed by atoms with Gasteiger partial charge in [0.1, 0.15) is 29.1 Å². The molecule has 0 amide bonds. The Balaban J connectivity index is 1.78. The molecule has 3 N–H and O–H groups in total. The van der Waals surface area contributed by atoms with Crippen LogP contribution >= 0.6 is 0 Å². The van der Waals surface area contributed by atoms with E-state index >= 15 is 0 Å². The predicted octanol–water partition coefficient (Wildman–Crippen LogP) is 4.37. The number of hydrogen-bond donors (Lipinski definition) is 3. The second-order valence-corrected chi connectivity index (χ2v) is 7.66. The van der Waals surface area contributed by atoms with E-state index in [1.54, 1.807) is 12.1 Å². The van der Waals surface area contributed by atoms with Crippen molar-refractivity contribution in [1.82, 2.24) is 0 Å². The summed E-state index contributed by atoms with van der Waals surface area (Å²) in [5.74, 6) is -0.149. The molecule has 0 fully saturated rings. The van der Waals surface area contributed by atoms with Crippen molar-refractivity contribution in [3.63, 3.8) is 0 Å². The minimum atomic E-state index is -0.414. The number of carbonyl (C=O) groups is 1. The van der Waals surface area contributed by atoms with Gasteiger partial charge in [0.25, 0.3) is 0 Å².